The van der Waals surface area contributed by atoms with Crippen LogP contribution in [0.5, 0.6) is 5.75 Å². The second-order valence-corrected chi connectivity index (χ2v) is 7.70. The van der Waals surface area contributed by atoms with Gasteiger partial charge < -0.3 is 14.8 Å². The highest BCUT2D eigenvalue weighted by Crippen LogP contribution is 2.28. The Balaban J connectivity index is 1.51. The molecular formula is C20H16BrClF3N3O3. The normalized spacial score (nSPS) is 11.4. The highest BCUT2D eigenvalue weighted by atomic mass is 79.9. The lowest BCUT2D eigenvalue weighted by molar-refractivity contribution is -0.182. The zero-order chi connectivity index (χ0) is 22.4. The first kappa shape index (κ1) is 23.1. The van der Waals surface area contributed by atoms with E-state index in [1.165, 1.54) is 12.4 Å². The van der Waals surface area contributed by atoms with Crippen molar-refractivity contribution < 1.29 is 27.4 Å². The topological polar surface area (TPSA) is 65.4 Å². The lowest BCUT2D eigenvalue weighted by atomic mass is 10.1. The van der Waals surface area contributed by atoms with Gasteiger partial charge in [-0.05, 0) is 35.9 Å². The van der Waals surface area contributed by atoms with Crippen molar-refractivity contribution in [2.45, 2.75) is 19.5 Å². The number of carbonyl (C=O) groups excluding carboxylic acids is 1. The Labute approximate surface area is 189 Å². The molecule has 164 valence electrons. The van der Waals surface area contributed by atoms with Crippen molar-refractivity contribution in [2.24, 2.45) is 0 Å². The van der Waals surface area contributed by atoms with E-state index >= 15 is 0 Å². The van der Waals surface area contributed by atoms with Crippen molar-refractivity contribution in [2.75, 3.05) is 11.9 Å². The number of nitrogens with zero attached hydrogens (tertiary/aromatic N) is 2. The fourth-order valence-electron chi connectivity index (χ4n) is 2.46. The first-order valence-electron chi connectivity index (χ1n) is 8.85. The van der Waals surface area contributed by atoms with Crippen LogP contribution in [0.2, 0.25) is 5.02 Å². The zero-order valence-electron chi connectivity index (χ0n) is 15.8. The number of anilines is 1. The van der Waals surface area contributed by atoms with Crippen LogP contribution in [0.1, 0.15) is 15.9 Å². The first-order valence-corrected chi connectivity index (χ1v) is 10.0. The number of amides is 1. The molecule has 1 N–H and O–H groups in total. The van der Waals surface area contributed by atoms with Crippen LogP contribution >= 0.6 is 27.5 Å². The monoisotopic (exact) mass is 517 g/mol. The minimum absolute atomic E-state index is 0.272. The fourth-order valence-corrected chi connectivity index (χ4v) is 3.19. The quantitative estimate of drug-likeness (QED) is 0.418. The van der Waals surface area contributed by atoms with Crippen LogP contribution in [0, 0.1) is 0 Å². The summed E-state index contributed by atoms with van der Waals surface area (Å²) in [5.74, 6) is 0.155. The molecule has 0 fully saturated rings. The van der Waals surface area contributed by atoms with E-state index in [0.29, 0.717) is 22.0 Å². The van der Waals surface area contributed by atoms with Gasteiger partial charge in [0.25, 0.3) is 5.91 Å². The van der Waals surface area contributed by atoms with Crippen molar-refractivity contribution in [3.05, 3.63) is 75.5 Å². The third-order valence-electron chi connectivity index (χ3n) is 3.88. The Hall–Kier alpha value is -2.56. The second-order valence-electron chi connectivity index (χ2n) is 6.38. The highest BCUT2D eigenvalue weighted by molar-refractivity contribution is 9.10. The summed E-state index contributed by atoms with van der Waals surface area (Å²) in [6, 6.07) is 12.1. The number of carbonyl (C=O) groups is 1. The van der Waals surface area contributed by atoms with Crippen molar-refractivity contribution in [1.82, 2.24) is 9.78 Å². The van der Waals surface area contributed by atoms with E-state index in [9.17, 15) is 18.0 Å². The Morgan fingerprint density at radius 1 is 1.19 bits per heavy atom. The van der Waals surface area contributed by atoms with Crippen LogP contribution < -0.4 is 10.1 Å². The molecule has 0 aliphatic rings. The van der Waals surface area contributed by atoms with Gasteiger partial charge in [0.1, 0.15) is 25.7 Å². The summed E-state index contributed by atoms with van der Waals surface area (Å²) in [4.78, 5) is 12.4. The van der Waals surface area contributed by atoms with E-state index < -0.39 is 12.8 Å². The molecule has 1 heterocycles. The second kappa shape index (κ2) is 10.2. The molecule has 1 amide bonds. The first-order chi connectivity index (χ1) is 14.7. The van der Waals surface area contributed by atoms with Crippen LogP contribution in [0.15, 0.2) is 59.3 Å². The summed E-state index contributed by atoms with van der Waals surface area (Å²) >= 11 is 9.44. The maximum absolute atomic E-state index is 12.4. The molecule has 0 aliphatic carbocycles. The van der Waals surface area contributed by atoms with Crippen LogP contribution in [-0.4, -0.2) is 28.5 Å². The standard InChI is InChI=1S/C20H16BrClF3N3O3/c21-15-5-6-18(17(22)7-15)31-10-13-1-3-14(4-2-13)19(29)27-16-8-26-28(9-16)12-30-11-20(23,24)25/h1-9H,10-12H2,(H,27,29). The molecule has 0 aliphatic heterocycles. The predicted octanol–water partition coefficient (Wildman–Crippen LogP) is 5.67. The molecule has 0 atom stereocenters. The van der Waals surface area contributed by atoms with Crippen LogP contribution in [0.25, 0.3) is 0 Å². The summed E-state index contributed by atoms with van der Waals surface area (Å²) < 4.78 is 48.5. The molecule has 31 heavy (non-hydrogen) atoms. The van der Waals surface area contributed by atoms with Gasteiger partial charge in [-0.2, -0.15) is 18.3 Å². The van der Waals surface area contributed by atoms with Gasteiger partial charge in [0.05, 0.1) is 23.1 Å². The SMILES string of the molecule is O=C(Nc1cnn(COCC(F)(F)F)c1)c1ccc(COc2ccc(Br)cc2Cl)cc1. The summed E-state index contributed by atoms with van der Waals surface area (Å²) in [7, 11) is 0. The number of aromatic nitrogens is 2. The number of rotatable bonds is 8. The van der Waals surface area contributed by atoms with E-state index in [4.69, 9.17) is 16.3 Å². The van der Waals surface area contributed by atoms with Gasteiger partial charge in [-0.1, -0.05) is 39.7 Å². The lowest BCUT2D eigenvalue weighted by Gasteiger charge is -2.09. The number of alkyl halides is 3. The van der Waals surface area contributed by atoms with Gasteiger partial charge in [-0.15, -0.1) is 0 Å². The van der Waals surface area contributed by atoms with Crippen molar-refractivity contribution >= 4 is 39.1 Å². The number of nitrogens with one attached hydrogen (secondary N) is 1. The number of halogens is 5. The van der Waals surface area contributed by atoms with Gasteiger partial charge in [-0.25, -0.2) is 4.68 Å². The van der Waals surface area contributed by atoms with E-state index in [2.05, 4.69) is 31.1 Å². The fraction of sp³-hybridized carbons (Fsp3) is 0.200. The third kappa shape index (κ3) is 7.27. The third-order valence-corrected chi connectivity index (χ3v) is 4.67. The molecule has 6 nitrogen and oxygen atoms in total. The molecule has 11 heteroatoms. The molecular weight excluding hydrogens is 503 g/mol. The maximum Gasteiger partial charge on any atom is 0.411 e. The predicted molar refractivity (Wildman–Crippen MR) is 112 cm³/mol. The van der Waals surface area contributed by atoms with Gasteiger partial charge >= 0.3 is 6.18 Å². The highest BCUT2D eigenvalue weighted by Gasteiger charge is 2.27. The molecule has 0 spiro atoms. The Morgan fingerprint density at radius 3 is 2.61 bits per heavy atom. The molecule has 3 rings (SSSR count). The van der Waals surface area contributed by atoms with E-state index in [0.717, 1.165) is 14.7 Å². The summed E-state index contributed by atoms with van der Waals surface area (Å²) in [5, 5.41) is 6.94. The van der Waals surface area contributed by atoms with Crippen molar-refractivity contribution in [3.8, 4) is 5.75 Å². The van der Waals surface area contributed by atoms with Crippen LogP contribution in [0.4, 0.5) is 18.9 Å². The minimum atomic E-state index is -4.41. The number of ether oxygens (including phenoxy) is 2. The zero-order valence-corrected chi connectivity index (χ0v) is 18.2. The Bertz CT molecular complexity index is 1040. The Kier molecular flexibility index (Phi) is 7.58. The largest absolute Gasteiger partial charge is 0.487 e. The number of benzene rings is 2. The van der Waals surface area contributed by atoms with E-state index in [1.807, 2.05) is 6.07 Å². The maximum atomic E-state index is 12.4. The molecule has 1 aromatic heterocycles. The van der Waals surface area contributed by atoms with E-state index in [1.54, 1.807) is 36.4 Å². The smallest absolute Gasteiger partial charge is 0.411 e. The molecule has 0 saturated heterocycles. The van der Waals surface area contributed by atoms with Gasteiger partial charge in [-0.3, -0.25) is 4.79 Å². The van der Waals surface area contributed by atoms with Crippen LogP contribution in [-0.2, 0) is 18.1 Å². The molecule has 0 bridgehead atoms. The van der Waals surface area contributed by atoms with Crippen molar-refractivity contribution in [3.63, 3.8) is 0 Å². The van der Waals surface area contributed by atoms with E-state index in [-0.39, 0.29) is 19.2 Å². The molecule has 0 saturated carbocycles. The number of hydrogen-bond acceptors (Lipinski definition) is 4. The Morgan fingerprint density at radius 2 is 1.94 bits per heavy atom. The molecule has 3 aromatic rings. The molecule has 0 radical (unpaired) electrons. The molecule has 0 unspecified atom stereocenters. The lowest BCUT2D eigenvalue weighted by Crippen LogP contribution is -2.18. The van der Waals surface area contributed by atoms with Gasteiger partial charge in [0.2, 0.25) is 0 Å². The van der Waals surface area contributed by atoms with Crippen LogP contribution in [0.3, 0.4) is 0 Å². The van der Waals surface area contributed by atoms with Crippen molar-refractivity contribution in [1.29, 1.82) is 0 Å². The summed E-state index contributed by atoms with van der Waals surface area (Å²) in [6.07, 6.45) is -1.72. The average molecular weight is 519 g/mol. The van der Waals surface area contributed by atoms with Gasteiger partial charge in [0.15, 0.2) is 0 Å². The number of hydrogen-bond donors (Lipinski definition) is 1. The summed E-state index contributed by atoms with van der Waals surface area (Å²) in [5.41, 5.74) is 1.56. The average Bonchev–Trinajstić information content (AvgIpc) is 3.14. The summed E-state index contributed by atoms with van der Waals surface area (Å²) in [6.45, 7) is -1.49. The van der Waals surface area contributed by atoms with Gasteiger partial charge in [0, 0.05) is 10.0 Å². The molecule has 2 aromatic carbocycles. The minimum Gasteiger partial charge on any atom is -0.487 e.